The van der Waals surface area contributed by atoms with Crippen LogP contribution in [-0.4, -0.2) is 12.0 Å². The fourth-order valence-corrected chi connectivity index (χ4v) is 2.98. The summed E-state index contributed by atoms with van der Waals surface area (Å²) < 4.78 is 0. The van der Waals surface area contributed by atoms with E-state index in [9.17, 15) is 4.79 Å². The van der Waals surface area contributed by atoms with Crippen molar-refractivity contribution in [2.75, 3.05) is 6.26 Å². The summed E-state index contributed by atoms with van der Waals surface area (Å²) in [6.07, 6.45) is 2.00. The second-order valence-corrected chi connectivity index (χ2v) is 5.17. The SMILES string of the molecule is CSc1cccc(CCl)c1C(Br)C(C)=O. The highest BCUT2D eigenvalue weighted by molar-refractivity contribution is 9.09. The van der Waals surface area contributed by atoms with Crippen molar-refractivity contribution in [1.82, 2.24) is 0 Å². The minimum atomic E-state index is -0.255. The van der Waals surface area contributed by atoms with E-state index >= 15 is 0 Å². The average Bonchev–Trinajstić information content (AvgIpc) is 2.26. The molecule has 0 saturated carbocycles. The molecule has 0 heterocycles. The topological polar surface area (TPSA) is 17.1 Å². The van der Waals surface area contributed by atoms with Crippen LogP contribution in [0.1, 0.15) is 22.9 Å². The molecule has 1 unspecified atom stereocenters. The van der Waals surface area contributed by atoms with Gasteiger partial charge in [0.2, 0.25) is 0 Å². The van der Waals surface area contributed by atoms with Crippen LogP contribution in [0.3, 0.4) is 0 Å². The maximum Gasteiger partial charge on any atom is 0.147 e. The Labute approximate surface area is 108 Å². The van der Waals surface area contributed by atoms with E-state index in [-0.39, 0.29) is 10.6 Å². The lowest BCUT2D eigenvalue weighted by atomic mass is 10.0. The van der Waals surface area contributed by atoms with Gasteiger partial charge in [0.05, 0.1) is 4.83 Å². The molecule has 0 radical (unpaired) electrons. The lowest BCUT2D eigenvalue weighted by Crippen LogP contribution is -2.05. The monoisotopic (exact) mass is 306 g/mol. The highest BCUT2D eigenvalue weighted by Gasteiger charge is 2.19. The van der Waals surface area contributed by atoms with Crippen LogP contribution in [0.25, 0.3) is 0 Å². The number of halogens is 2. The molecule has 0 saturated heterocycles. The van der Waals surface area contributed by atoms with Crippen molar-refractivity contribution in [1.29, 1.82) is 0 Å². The first kappa shape index (κ1) is 13.1. The molecule has 0 aliphatic rings. The molecule has 0 amide bonds. The number of rotatable bonds is 4. The number of thioether (sulfide) groups is 1. The molecule has 4 heteroatoms. The van der Waals surface area contributed by atoms with E-state index < -0.39 is 0 Å². The molecule has 1 atom stereocenters. The largest absolute Gasteiger partial charge is 0.298 e. The summed E-state index contributed by atoms with van der Waals surface area (Å²) >= 11 is 10.9. The van der Waals surface area contributed by atoms with Crippen LogP contribution in [0.2, 0.25) is 0 Å². The summed E-state index contributed by atoms with van der Waals surface area (Å²) in [5.41, 5.74) is 2.02. The predicted octanol–water partition coefficient (Wildman–Crippen LogP) is 4.17. The fourth-order valence-electron chi connectivity index (χ4n) is 1.37. The van der Waals surface area contributed by atoms with E-state index in [1.807, 2.05) is 24.5 Å². The third kappa shape index (κ3) is 2.99. The quantitative estimate of drug-likeness (QED) is 0.613. The molecule has 1 aromatic carbocycles. The standard InChI is InChI=1S/C11H12BrClOS/c1-7(14)11(12)10-8(6-13)4-3-5-9(10)15-2/h3-5,11H,6H2,1-2H3. The minimum absolute atomic E-state index is 0.0999. The Bertz CT molecular complexity index is 345. The maximum atomic E-state index is 11.4. The van der Waals surface area contributed by atoms with Crippen molar-refractivity contribution in [3.05, 3.63) is 29.3 Å². The molecular formula is C11H12BrClOS. The molecule has 0 fully saturated rings. The van der Waals surface area contributed by atoms with Gasteiger partial charge in [-0.25, -0.2) is 0 Å². The van der Waals surface area contributed by atoms with Gasteiger partial charge >= 0.3 is 0 Å². The molecule has 1 rings (SSSR count). The van der Waals surface area contributed by atoms with Gasteiger partial charge in [-0.05, 0) is 30.4 Å². The molecule has 0 spiro atoms. The molecule has 1 aromatic rings. The number of carbonyl (C=O) groups excluding carboxylic acids is 1. The zero-order valence-corrected chi connectivity index (χ0v) is 11.7. The first-order chi connectivity index (χ1) is 7.11. The molecule has 0 bridgehead atoms. The summed E-state index contributed by atoms with van der Waals surface area (Å²) in [6, 6.07) is 5.93. The lowest BCUT2D eigenvalue weighted by Gasteiger charge is -2.15. The van der Waals surface area contributed by atoms with Crippen LogP contribution in [0, 0.1) is 0 Å². The van der Waals surface area contributed by atoms with Gasteiger partial charge in [0.25, 0.3) is 0 Å². The molecule has 0 N–H and O–H groups in total. The van der Waals surface area contributed by atoms with Gasteiger partial charge in [-0.2, -0.15) is 0 Å². The smallest absolute Gasteiger partial charge is 0.147 e. The van der Waals surface area contributed by atoms with E-state index in [4.69, 9.17) is 11.6 Å². The maximum absolute atomic E-state index is 11.4. The Kier molecular flexibility index (Phi) is 5.16. The number of hydrogen-bond donors (Lipinski definition) is 0. The van der Waals surface area contributed by atoms with Crippen molar-refractivity contribution in [2.24, 2.45) is 0 Å². The number of carbonyl (C=O) groups is 1. The number of Topliss-reactive ketones (excluding diaryl/α,β-unsaturated/α-hetero) is 1. The van der Waals surface area contributed by atoms with Gasteiger partial charge in [-0.1, -0.05) is 28.1 Å². The summed E-state index contributed by atoms with van der Waals surface area (Å²) in [5.74, 6) is 0.530. The van der Waals surface area contributed by atoms with Crippen molar-refractivity contribution in [3.8, 4) is 0 Å². The normalized spacial score (nSPS) is 12.5. The predicted molar refractivity (Wildman–Crippen MR) is 70.1 cm³/mol. The van der Waals surface area contributed by atoms with Crippen LogP contribution in [-0.2, 0) is 10.7 Å². The fraction of sp³-hybridized carbons (Fsp3) is 0.364. The van der Waals surface area contributed by atoms with E-state index in [0.717, 1.165) is 16.0 Å². The van der Waals surface area contributed by atoms with Crippen LogP contribution in [0.15, 0.2) is 23.1 Å². The Morgan fingerprint density at radius 3 is 2.73 bits per heavy atom. The molecule has 15 heavy (non-hydrogen) atoms. The van der Waals surface area contributed by atoms with E-state index in [1.165, 1.54) is 0 Å². The van der Waals surface area contributed by atoms with Crippen LogP contribution in [0.5, 0.6) is 0 Å². The second kappa shape index (κ2) is 5.92. The summed E-state index contributed by atoms with van der Waals surface area (Å²) in [5, 5.41) is 0. The Morgan fingerprint density at radius 2 is 2.27 bits per heavy atom. The number of alkyl halides is 2. The van der Waals surface area contributed by atoms with Crippen molar-refractivity contribution in [2.45, 2.75) is 22.5 Å². The van der Waals surface area contributed by atoms with E-state index in [2.05, 4.69) is 15.9 Å². The molecule has 0 aromatic heterocycles. The van der Waals surface area contributed by atoms with Gasteiger partial charge in [0.1, 0.15) is 5.78 Å². The third-order valence-electron chi connectivity index (χ3n) is 2.13. The lowest BCUT2D eigenvalue weighted by molar-refractivity contribution is -0.116. The van der Waals surface area contributed by atoms with Crippen LogP contribution in [0.4, 0.5) is 0 Å². The first-order valence-corrected chi connectivity index (χ1v) is 7.15. The zero-order chi connectivity index (χ0) is 11.4. The van der Waals surface area contributed by atoms with Gasteiger partial charge in [0, 0.05) is 10.8 Å². The number of hydrogen-bond acceptors (Lipinski definition) is 2. The summed E-state index contributed by atoms with van der Waals surface area (Å²) in [4.78, 5) is 12.2. The number of benzene rings is 1. The summed E-state index contributed by atoms with van der Waals surface area (Å²) in [6.45, 7) is 1.58. The minimum Gasteiger partial charge on any atom is -0.298 e. The molecule has 1 nitrogen and oxygen atoms in total. The van der Waals surface area contributed by atoms with Crippen LogP contribution >= 0.6 is 39.3 Å². The van der Waals surface area contributed by atoms with Crippen molar-refractivity contribution < 1.29 is 4.79 Å². The number of ketones is 1. The average molecular weight is 308 g/mol. The van der Waals surface area contributed by atoms with E-state index in [1.54, 1.807) is 18.7 Å². The zero-order valence-electron chi connectivity index (χ0n) is 8.59. The highest BCUT2D eigenvalue weighted by atomic mass is 79.9. The molecular weight excluding hydrogens is 296 g/mol. The van der Waals surface area contributed by atoms with Crippen molar-refractivity contribution in [3.63, 3.8) is 0 Å². The molecule has 0 aliphatic carbocycles. The Morgan fingerprint density at radius 1 is 1.60 bits per heavy atom. The van der Waals surface area contributed by atoms with Gasteiger partial charge in [0.15, 0.2) is 0 Å². The summed E-state index contributed by atoms with van der Waals surface area (Å²) in [7, 11) is 0. The highest BCUT2D eigenvalue weighted by Crippen LogP contribution is 2.35. The molecule has 82 valence electrons. The van der Waals surface area contributed by atoms with Crippen LogP contribution < -0.4 is 0 Å². The molecule has 0 aliphatic heterocycles. The Hall–Kier alpha value is 0.01000. The van der Waals surface area contributed by atoms with Gasteiger partial charge < -0.3 is 0 Å². The van der Waals surface area contributed by atoms with Crippen molar-refractivity contribution >= 4 is 45.1 Å². The Balaban J connectivity index is 3.27. The third-order valence-corrected chi connectivity index (χ3v) is 4.32. The first-order valence-electron chi connectivity index (χ1n) is 4.48. The second-order valence-electron chi connectivity index (χ2n) is 3.14. The van der Waals surface area contributed by atoms with Gasteiger partial charge in [-0.3, -0.25) is 4.79 Å². The van der Waals surface area contributed by atoms with E-state index in [0.29, 0.717) is 5.88 Å². The van der Waals surface area contributed by atoms with Gasteiger partial charge in [-0.15, -0.1) is 23.4 Å².